The van der Waals surface area contributed by atoms with E-state index in [9.17, 15) is 9.59 Å². The van der Waals surface area contributed by atoms with Crippen LogP contribution in [0.15, 0.2) is 78.9 Å². The van der Waals surface area contributed by atoms with Crippen LogP contribution in [0.2, 0.25) is 10.0 Å². The molecule has 1 aliphatic rings. The highest BCUT2D eigenvalue weighted by molar-refractivity contribution is 7.99. The molecule has 3 aromatic rings. The van der Waals surface area contributed by atoms with Gasteiger partial charge in [0.2, 0.25) is 11.8 Å². The fourth-order valence-electron chi connectivity index (χ4n) is 4.85. The largest absolute Gasteiger partial charge is 0.352 e. The molecule has 0 radical (unpaired) electrons. The van der Waals surface area contributed by atoms with Crippen molar-refractivity contribution in [1.82, 2.24) is 10.2 Å². The summed E-state index contributed by atoms with van der Waals surface area (Å²) in [5, 5.41) is 4.29. The minimum absolute atomic E-state index is 0.0864. The number of benzene rings is 3. The summed E-state index contributed by atoms with van der Waals surface area (Å²) in [7, 11) is 0. The molecule has 0 heterocycles. The van der Waals surface area contributed by atoms with Crippen LogP contribution in [0.4, 0.5) is 0 Å². The Bertz CT molecular complexity index is 1190. The van der Waals surface area contributed by atoms with Gasteiger partial charge < -0.3 is 10.2 Å². The third-order valence-electron chi connectivity index (χ3n) is 6.92. The SMILES string of the molecule is O=C(NC1CCCCC1)C(Cc1ccccc1)N(Cc1ccc(Cl)cc1Cl)C(=O)CSCc1ccccc1. The summed E-state index contributed by atoms with van der Waals surface area (Å²) in [5.74, 6) is 0.797. The smallest absolute Gasteiger partial charge is 0.243 e. The molecule has 200 valence electrons. The van der Waals surface area contributed by atoms with Crippen molar-refractivity contribution in [3.63, 3.8) is 0 Å². The zero-order valence-electron chi connectivity index (χ0n) is 21.5. The van der Waals surface area contributed by atoms with E-state index in [1.54, 1.807) is 28.8 Å². The molecular formula is C31H34Cl2N2O2S. The second-order valence-electron chi connectivity index (χ2n) is 9.78. The highest BCUT2D eigenvalue weighted by Crippen LogP contribution is 2.25. The normalized spacial score (nSPS) is 14.6. The van der Waals surface area contributed by atoms with Gasteiger partial charge in [0.1, 0.15) is 6.04 Å². The number of nitrogens with zero attached hydrogens (tertiary/aromatic N) is 1. The lowest BCUT2D eigenvalue weighted by Crippen LogP contribution is -2.53. The molecule has 4 rings (SSSR count). The van der Waals surface area contributed by atoms with Crippen LogP contribution in [0.5, 0.6) is 0 Å². The molecular weight excluding hydrogens is 535 g/mol. The molecule has 0 aromatic heterocycles. The van der Waals surface area contributed by atoms with Gasteiger partial charge in [-0.05, 0) is 41.7 Å². The van der Waals surface area contributed by atoms with Crippen molar-refractivity contribution < 1.29 is 9.59 Å². The Morgan fingerprint density at radius 1 is 0.895 bits per heavy atom. The summed E-state index contributed by atoms with van der Waals surface area (Å²) in [5.41, 5.74) is 2.93. The minimum atomic E-state index is -0.657. The van der Waals surface area contributed by atoms with Crippen LogP contribution in [0.1, 0.15) is 48.8 Å². The fourth-order valence-corrected chi connectivity index (χ4v) is 6.18. The van der Waals surface area contributed by atoms with Crippen LogP contribution < -0.4 is 5.32 Å². The third-order valence-corrected chi connectivity index (χ3v) is 8.49. The number of thioether (sulfide) groups is 1. The van der Waals surface area contributed by atoms with Gasteiger partial charge in [-0.2, -0.15) is 0 Å². The molecule has 0 aliphatic heterocycles. The lowest BCUT2D eigenvalue weighted by Gasteiger charge is -2.33. The summed E-state index contributed by atoms with van der Waals surface area (Å²) < 4.78 is 0. The number of carbonyl (C=O) groups is 2. The van der Waals surface area contributed by atoms with Gasteiger partial charge in [0.05, 0.1) is 5.75 Å². The van der Waals surface area contributed by atoms with Crippen molar-refractivity contribution in [3.8, 4) is 0 Å². The number of halogens is 2. The van der Waals surface area contributed by atoms with Crippen LogP contribution in [0.25, 0.3) is 0 Å². The monoisotopic (exact) mass is 568 g/mol. The van der Waals surface area contributed by atoms with Crippen LogP contribution in [0, 0.1) is 0 Å². The molecule has 2 amide bonds. The number of hydrogen-bond acceptors (Lipinski definition) is 3. The van der Waals surface area contributed by atoms with Gasteiger partial charge in [-0.3, -0.25) is 9.59 Å². The van der Waals surface area contributed by atoms with Crippen molar-refractivity contribution in [2.75, 3.05) is 5.75 Å². The van der Waals surface area contributed by atoms with Crippen molar-refractivity contribution in [2.24, 2.45) is 0 Å². The molecule has 38 heavy (non-hydrogen) atoms. The average Bonchev–Trinajstić information content (AvgIpc) is 2.93. The fraction of sp³-hybridized carbons (Fsp3) is 0.355. The molecule has 1 saturated carbocycles. The maximum absolute atomic E-state index is 13.8. The average molecular weight is 570 g/mol. The highest BCUT2D eigenvalue weighted by atomic mass is 35.5. The van der Waals surface area contributed by atoms with E-state index in [2.05, 4.69) is 17.4 Å². The zero-order chi connectivity index (χ0) is 26.7. The predicted molar refractivity (Wildman–Crippen MR) is 159 cm³/mol. The van der Waals surface area contributed by atoms with E-state index in [1.165, 1.54) is 6.42 Å². The second-order valence-corrected chi connectivity index (χ2v) is 11.6. The van der Waals surface area contributed by atoms with Gasteiger partial charge in [-0.25, -0.2) is 0 Å². The van der Waals surface area contributed by atoms with E-state index < -0.39 is 6.04 Å². The first kappa shape index (κ1) is 28.5. The minimum Gasteiger partial charge on any atom is -0.352 e. The molecule has 7 heteroatoms. The first-order chi connectivity index (χ1) is 18.5. The number of hydrogen-bond donors (Lipinski definition) is 1. The Balaban J connectivity index is 1.59. The van der Waals surface area contributed by atoms with Crippen molar-refractivity contribution in [2.45, 2.75) is 62.9 Å². The van der Waals surface area contributed by atoms with Gasteiger partial charge in [0.15, 0.2) is 0 Å². The van der Waals surface area contributed by atoms with Crippen LogP contribution in [0.3, 0.4) is 0 Å². The molecule has 0 spiro atoms. The quantitative estimate of drug-likeness (QED) is 0.263. The number of carbonyl (C=O) groups excluding carboxylic acids is 2. The molecule has 4 nitrogen and oxygen atoms in total. The van der Waals surface area contributed by atoms with E-state index in [0.29, 0.717) is 16.5 Å². The number of amides is 2. The molecule has 0 saturated heterocycles. The Morgan fingerprint density at radius 3 is 2.21 bits per heavy atom. The summed E-state index contributed by atoms with van der Waals surface area (Å²) >= 11 is 14.2. The third kappa shape index (κ3) is 8.52. The van der Waals surface area contributed by atoms with Crippen molar-refractivity contribution in [1.29, 1.82) is 0 Å². The van der Waals surface area contributed by atoms with E-state index in [0.717, 1.165) is 48.1 Å². The summed E-state index contributed by atoms with van der Waals surface area (Å²) in [6.45, 7) is 0.232. The van der Waals surface area contributed by atoms with Crippen LogP contribution in [-0.2, 0) is 28.3 Å². The lowest BCUT2D eigenvalue weighted by atomic mass is 9.94. The summed E-state index contributed by atoms with van der Waals surface area (Å²) in [6, 6.07) is 24.7. The van der Waals surface area contributed by atoms with Crippen molar-refractivity contribution in [3.05, 3.63) is 106 Å². The Hall–Kier alpha value is -2.47. The summed E-state index contributed by atoms with van der Waals surface area (Å²) in [6.07, 6.45) is 5.83. The van der Waals surface area contributed by atoms with Gasteiger partial charge in [0, 0.05) is 34.8 Å². The number of rotatable bonds is 11. The van der Waals surface area contributed by atoms with Gasteiger partial charge >= 0.3 is 0 Å². The topological polar surface area (TPSA) is 49.4 Å². The van der Waals surface area contributed by atoms with E-state index in [1.807, 2.05) is 54.6 Å². The lowest BCUT2D eigenvalue weighted by molar-refractivity contribution is -0.139. The zero-order valence-corrected chi connectivity index (χ0v) is 23.8. The molecule has 1 aliphatic carbocycles. The van der Waals surface area contributed by atoms with Crippen LogP contribution in [-0.4, -0.2) is 34.6 Å². The molecule has 1 fully saturated rings. The maximum atomic E-state index is 13.8. The van der Waals surface area contributed by atoms with E-state index in [4.69, 9.17) is 23.2 Å². The Kier molecular flexibility index (Phi) is 11.0. The first-order valence-electron chi connectivity index (χ1n) is 13.2. The Morgan fingerprint density at radius 2 is 1.55 bits per heavy atom. The Labute approximate surface area is 240 Å². The molecule has 1 unspecified atom stereocenters. The molecule has 1 N–H and O–H groups in total. The van der Waals surface area contributed by atoms with E-state index >= 15 is 0 Å². The van der Waals surface area contributed by atoms with Crippen LogP contribution >= 0.6 is 35.0 Å². The second kappa shape index (κ2) is 14.6. The molecule has 3 aromatic carbocycles. The molecule has 1 atom stereocenters. The van der Waals surface area contributed by atoms with Gasteiger partial charge in [-0.15, -0.1) is 11.8 Å². The maximum Gasteiger partial charge on any atom is 0.243 e. The summed E-state index contributed by atoms with van der Waals surface area (Å²) in [4.78, 5) is 29.3. The highest BCUT2D eigenvalue weighted by Gasteiger charge is 2.32. The number of nitrogens with one attached hydrogen (secondary N) is 1. The molecule has 0 bridgehead atoms. The van der Waals surface area contributed by atoms with Gasteiger partial charge in [0.25, 0.3) is 0 Å². The standard InChI is InChI=1S/C31H34Cl2N2O2S/c32-26-17-16-25(28(33)19-26)20-35(30(36)22-38-21-24-12-6-2-7-13-24)29(18-23-10-4-1-5-11-23)31(37)34-27-14-8-3-9-15-27/h1-2,4-7,10-13,16-17,19,27,29H,3,8-9,14-15,18,20-22H2,(H,34,37). The first-order valence-corrected chi connectivity index (χ1v) is 15.1. The predicted octanol–water partition coefficient (Wildman–Crippen LogP) is 7.32. The van der Waals surface area contributed by atoms with E-state index in [-0.39, 0.29) is 30.2 Å². The van der Waals surface area contributed by atoms with Gasteiger partial charge in [-0.1, -0.05) is 109 Å². The van der Waals surface area contributed by atoms with Crippen molar-refractivity contribution >= 4 is 46.8 Å².